The lowest BCUT2D eigenvalue weighted by Crippen LogP contribution is -2.74. The summed E-state index contributed by atoms with van der Waals surface area (Å²) in [5.41, 5.74) is 12.4. The molecule has 3 heteroatoms. The lowest BCUT2D eigenvalue weighted by Gasteiger charge is -2.42. The van der Waals surface area contributed by atoms with Crippen molar-refractivity contribution in [2.24, 2.45) is 0 Å². The van der Waals surface area contributed by atoms with Gasteiger partial charge in [-0.2, -0.15) is 0 Å². The molecule has 0 bridgehead atoms. The van der Waals surface area contributed by atoms with Crippen LogP contribution in [0.15, 0.2) is 206 Å². The van der Waals surface area contributed by atoms with Gasteiger partial charge in [0.25, 0.3) is 0 Å². The Morgan fingerprint density at radius 3 is 0.825 bits per heavy atom. The van der Waals surface area contributed by atoms with Crippen molar-refractivity contribution in [1.29, 1.82) is 0 Å². The van der Waals surface area contributed by atoms with E-state index >= 15 is 0 Å². The summed E-state index contributed by atoms with van der Waals surface area (Å²) in [5.74, 6) is 0. The van der Waals surface area contributed by atoms with Crippen molar-refractivity contribution in [3.63, 3.8) is 0 Å². The van der Waals surface area contributed by atoms with Crippen LogP contribution in [0.3, 0.4) is 0 Å². The molecule has 0 N–H and O–H groups in total. The highest BCUT2D eigenvalue weighted by Gasteiger charge is 2.43. The molecule has 57 heavy (non-hydrogen) atoms. The van der Waals surface area contributed by atoms with Crippen molar-refractivity contribution in [2.75, 3.05) is 9.80 Å². The predicted octanol–water partition coefficient (Wildman–Crippen LogP) is 11.3. The monoisotopic (exact) mass is 750 g/mol. The number of hydrogen-bond donors (Lipinski definition) is 0. The first-order chi connectivity index (χ1) is 27.8. The van der Waals surface area contributed by atoms with E-state index in [1.54, 1.807) is 0 Å². The van der Waals surface area contributed by atoms with E-state index in [2.05, 4.69) is 244 Å². The van der Waals surface area contributed by atoms with Crippen LogP contribution < -0.4 is 30.5 Å². The molecule has 0 aromatic heterocycles. The van der Waals surface area contributed by atoms with E-state index < -0.39 is 8.07 Å². The highest BCUT2D eigenvalue weighted by molar-refractivity contribution is 7.19. The van der Waals surface area contributed by atoms with Crippen molar-refractivity contribution >= 4 is 62.9 Å². The fourth-order valence-corrected chi connectivity index (χ4v) is 14.7. The Morgan fingerprint density at radius 2 is 0.526 bits per heavy atom. The van der Waals surface area contributed by atoms with Crippen LogP contribution in [0.4, 0.5) is 34.1 Å². The van der Waals surface area contributed by atoms with Crippen LogP contribution in [0.5, 0.6) is 0 Å². The number of para-hydroxylation sites is 4. The quantitative estimate of drug-likeness (QED) is 0.123. The lowest BCUT2D eigenvalue weighted by atomic mass is 9.73. The maximum Gasteiger partial charge on any atom is 0.179 e. The van der Waals surface area contributed by atoms with Gasteiger partial charge in [-0.05, 0) is 91.5 Å². The molecule has 0 amide bonds. The first-order valence-corrected chi connectivity index (χ1v) is 22.1. The van der Waals surface area contributed by atoms with Crippen LogP contribution in [0, 0.1) is 0 Å². The molecular formula is C54H46N2Si. The molecule has 0 aliphatic carbocycles. The second-order valence-electron chi connectivity index (χ2n) is 16.6. The Balaban J connectivity index is 1.15. The maximum atomic E-state index is 2.46. The molecule has 0 saturated carbocycles. The Bertz CT molecular complexity index is 2440. The smallest absolute Gasteiger partial charge is 0.179 e. The Kier molecular flexibility index (Phi) is 8.21. The minimum absolute atomic E-state index is 0.104. The maximum absolute atomic E-state index is 2.81. The van der Waals surface area contributed by atoms with Crippen LogP contribution in [-0.4, -0.2) is 8.07 Å². The average molecular weight is 751 g/mol. The van der Waals surface area contributed by atoms with E-state index in [1.165, 1.54) is 77.1 Å². The van der Waals surface area contributed by atoms with Crippen molar-refractivity contribution in [1.82, 2.24) is 0 Å². The summed E-state index contributed by atoms with van der Waals surface area (Å²) in [7, 11) is -2.81. The van der Waals surface area contributed by atoms with Gasteiger partial charge in [0, 0.05) is 22.2 Å². The third-order valence-corrected chi connectivity index (χ3v) is 17.6. The average Bonchev–Trinajstić information content (AvgIpc) is 3.26. The predicted molar refractivity (Wildman–Crippen MR) is 244 cm³/mol. The summed E-state index contributed by atoms with van der Waals surface area (Å²) in [6.45, 7) is 9.39. The van der Waals surface area contributed by atoms with Crippen molar-refractivity contribution in [3.8, 4) is 0 Å². The minimum atomic E-state index is -2.81. The summed E-state index contributed by atoms with van der Waals surface area (Å²) >= 11 is 0. The van der Waals surface area contributed by atoms with Crippen LogP contribution in [0.25, 0.3) is 0 Å². The Hall–Kier alpha value is -6.42. The van der Waals surface area contributed by atoms with E-state index in [-0.39, 0.29) is 10.8 Å². The highest BCUT2D eigenvalue weighted by Crippen LogP contribution is 2.53. The normalized spacial score (nSPS) is 14.9. The highest BCUT2D eigenvalue weighted by atomic mass is 28.3. The Morgan fingerprint density at radius 1 is 0.281 bits per heavy atom. The molecule has 0 radical (unpaired) electrons. The van der Waals surface area contributed by atoms with Crippen LogP contribution in [-0.2, 0) is 10.8 Å². The molecule has 2 aliphatic heterocycles. The molecule has 0 fully saturated rings. The zero-order chi connectivity index (χ0) is 38.8. The number of rotatable bonds is 6. The fraction of sp³-hybridized carbons (Fsp3) is 0.111. The van der Waals surface area contributed by atoms with E-state index in [4.69, 9.17) is 0 Å². The van der Waals surface area contributed by atoms with Gasteiger partial charge in [0.05, 0.1) is 22.7 Å². The van der Waals surface area contributed by atoms with Crippen LogP contribution >= 0.6 is 0 Å². The van der Waals surface area contributed by atoms with E-state index in [1.807, 2.05) is 0 Å². The SMILES string of the molecule is CC1(C)c2ccccc2N(c2ccc([Si](c3ccccc3)(c3ccccc3)c3ccc(N4c5ccccc5C(C)(C)c5ccccc54)cc3)cc2)c2ccccc21. The van der Waals surface area contributed by atoms with Gasteiger partial charge in [-0.15, -0.1) is 0 Å². The first kappa shape index (κ1) is 35.0. The molecule has 2 aliphatic rings. The molecule has 0 saturated heterocycles. The van der Waals surface area contributed by atoms with Crippen LogP contribution in [0.2, 0.25) is 0 Å². The molecular weight excluding hydrogens is 705 g/mol. The van der Waals surface area contributed by atoms with Crippen LogP contribution in [0.1, 0.15) is 49.9 Å². The molecule has 8 aromatic carbocycles. The van der Waals surface area contributed by atoms with Crippen molar-refractivity contribution in [3.05, 3.63) is 229 Å². The van der Waals surface area contributed by atoms with Gasteiger partial charge < -0.3 is 9.80 Å². The third-order valence-electron chi connectivity index (χ3n) is 12.8. The standard InChI is InChI=1S/C54H46N2Si/c1-53(2)45-23-11-15-27-49(45)55(50-28-16-12-24-46(50)53)39-31-35-43(36-32-39)57(41-19-7-5-8-20-41,42-21-9-6-10-22-42)44-37-33-40(34-38-44)56-51-29-17-13-25-47(51)54(3,4)48-26-14-18-30-52(48)56/h5-38H,1-4H3. The molecule has 276 valence electrons. The summed E-state index contributed by atoms with van der Waals surface area (Å²) in [4.78, 5) is 4.91. The zero-order valence-corrected chi connectivity index (χ0v) is 34.0. The van der Waals surface area contributed by atoms with Gasteiger partial charge >= 0.3 is 0 Å². The van der Waals surface area contributed by atoms with Crippen molar-refractivity contribution < 1.29 is 0 Å². The molecule has 2 nitrogen and oxygen atoms in total. The molecule has 0 spiro atoms. The number of benzene rings is 8. The number of fused-ring (bicyclic) bond motifs is 4. The van der Waals surface area contributed by atoms with Gasteiger partial charge in [-0.1, -0.05) is 185 Å². The second-order valence-corrected chi connectivity index (χ2v) is 20.4. The van der Waals surface area contributed by atoms with E-state index in [9.17, 15) is 0 Å². The largest absolute Gasteiger partial charge is 0.310 e. The zero-order valence-electron chi connectivity index (χ0n) is 33.0. The summed E-state index contributed by atoms with van der Waals surface area (Å²) in [6, 6.07) is 77.2. The van der Waals surface area contributed by atoms with Crippen molar-refractivity contribution in [2.45, 2.75) is 38.5 Å². The fourth-order valence-electron chi connectivity index (χ4n) is 9.99. The summed E-state index contributed by atoms with van der Waals surface area (Å²) in [5, 5.41) is 5.43. The molecule has 8 aromatic rings. The molecule has 0 atom stereocenters. The van der Waals surface area contributed by atoms with Gasteiger partial charge in [-0.25, -0.2) is 0 Å². The Labute approximate surface area is 338 Å². The molecule has 2 heterocycles. The first-order valence-electron chi connectivity index (χ1n) is 20.1. The summed E-state index contributed by atoms with van der Waals surface area (Å²) < 4.78 is 0. The van der Waals surface area contributed by atoms with Gasteiger partial charge in [-0.3, -0.25) is 0 Å². The second kappa shape index (κ2) is 13.4. The topological polar surface area (TPSA) is 6.48 Å². The number of hydrogen-bond acceptors (Lipinski definition) is 2. The minimum Gasteiger partial charge on any atom is -0.310 e. The van der Waals surface area contributed by atoms with E-state index in [0.717, 1.165) is 0 Å². The summed E-state index contributed by atoms with van der Waals surface area (Å²) in [6.07, 6.45) is 0. The van der Waals surface area contributed by atoms with Gasteiger partial charge in [0.15, 0.2) is 8.07 Å². The molecule has 0 unspecified atom stereocenters. The third kappa shape index (κ3) is 5.30. The number of anilines is 6. The number of nitrogens with zero attached hydrogens (tertiary/aromatic N) is 2. The lowest BCUT2D eigenvalue weighted by molar-refractivity contribution is 0.632. The van der Waals surface area contributed by atoms with Gasteiger partial charge in [0.2, 0.25) is 0 Å². The molecule has 10 rings (SSSR count). The van der Waals surface area contributed by atoms with Gasteiger partial charge in [0.1, 0.15) is 0 Å². The van der Waals surface area contributed by atoms with E-state index in [0.29, 0.717) is 0 Å².